The summed E-state index contributed by atoms with van der Waals surface area (Å²) >= 11 is 0. The van der Waals surface area contributed by atoms with Crippen molar-refractivity contribution in [2.75, 3.05) is 26.3 Å². The SMILES string of the molecule is CCCNCC(=O)NC1CCOCC1. The monoisotopic (exact) mass is 200 g/mol. The van der Waals surface area contributed by atoms with Crippen LogP contribution in [-0.2, 0) is 9.53 Å². The Hall–Kier alpha value is -0.610. The molecule has 1 saturated heterocycles. The molecule has 4 heteroatoms. The highest BCUT2D eigenvalue weighted by molar-refractivity contribution is 5.78. The lowest BCUT2D eigenvalue weighted by Gasteiger charge is -2.23. The molecule has 1 fully saturated rings. The van der Waals surface area contributed by atoms with E-state index < -0.39 is 0 Å². The topological polar surface area (TPSA) is 50.4 Å². The van der Waals surface area contributed by atoms with E-state index in [0.29, 0.717) is 12.6 Å². The molecule has 0 aromatic rings. The smallest absolute Gasteiger partial charge is 0.234 e. The molecule has 0 bridgehead atoms. The molecule has 1 aliphatic rings. The number of rotatable bonds is 5. The molecule has 0 aromatic heterocycles. The Labute approximate surface area is 85.4 Å². The fourth-order valence-corrected chi connectivity index (χ4v) is 1.50. The molecule has 82 valence electrons. The van der Waals surface area contributed by atoms with Gasteiger partial charge >= 0.3 is 0 Å². The minimum atomic E-state index is 0.102. The minimum Gasteiger partial charge on any atom is -0.381 e. The molecular weight excluding hydrogens is 180 g/mol. The van der Waals surface area contributed by atoms with E-state index in [4.69, 9.17) is 4.74 Å². The Balaban J connectivity index is 2.06. The van der Waals surface area contributed by atoms with Crippen LogP contribution in [0, 0.1) is 0 Å². The second kappa shape index (κ2) is 6.79. The van der Waals surface area contributed by atoms with Gasteiger partial charge in [-0.05, 0) is 25.8 Å². The lowest BCUT2D eigenvalue weighted by molar-refractivity contribution is -0.121. The van der Waals surface area contributed by atoms with E-state index in [2.05, 4.69) is 17.6 Å². The van der Waals surface area contributed by atoms with E-state index in [1.165, 1.54) is 0 Å². The highest BCUT2D eigenvalue weighted by atomic mass is 16.5. The van der Waals surface area contributed by atoms with Crippen LogP contribution in [0.4, 0.5) is 0 Å². The fraction of sp³-hybridized carbons (Fsp3) is 0.900. The predicted molar refractivity (Wildman–Crippen MR) is 55.1 cm³/mol. The molecule has 14 heavy (non-hydrogen) atoms. The van der Waals surface area contributed by atoms with Crippen LogP contribution in [0.5, 0.6) is 0 Å². The summed E-state index contributed by atoms with van der Waals surface area (Å²) in [5.41, 5.74) is 0. The summed E-state index contributed by atoms with van der Waals surface area (Å²) in [7, 11) is 0. The quantitative estimate of drug-likeness (QED) is 0.627. The van der Waals surface area contributed by atoms with E-state index in [9.17, 15) is 4.79 Å². The van der Waals surface area contributed by atoms with Gasteiger partial charge in [-0.2, -0.15) is 0 Å². The van der Waals surface area contributed by atoms with Gasteiger partial charge in [0.25, 0.3) is 0 Å². The van der Waals surface area contributed by atoms with Crippen molar-refractivity contribution in [1.29, 1.82) is 0 Å². The zero-order chi connectivity index (χ0) is 10.2. The zero-order valence-corrected chi connectivity index (χ0v) is 8.84. The van der Waals surface area contributed by atoms with Gasteiger partial charge in [-0.25, -0.2) is 0 Å². The van der Waals surface area contributed by atoms with Crippen LogP contribution in [0.15, 0.2) is 0 Å². The number of ether oxygens (including phenoxy) is 1. The Morgan fingerprint density at radius 3 is 2.79 bits per heavy atom. The summed E-state index contributed by atoms with van der Waals surface area (Å²) in [6.07, 6.45) is 2.95. The third kappa shape index (κ3) is 4.58. The average molecular weight is 200 g/mol. The van der Waals surface area contributed by atoms with Gasteiger partial charge in [0.05, 0.1) is 6.54 Å². The molecule has 0 aliphatic carbocycles. The van der Waals surface area contributed by atoms with Crippen molar-refractivity contribution in [3.63, 3.8) is 0 Å². The maximum atomic E-state index is 11.4. The number of amides is 1. The van der Waals surface area contributed by atoms with E-state index in [1.54, 1.807) is 0 Å². The summed E-state index contributed by atoms with van der Waals surface area (Å²) in [5.74, 6) is 0.102. The van der Waals surface area contributed by atoms with Crippen LogP contribution in [0.2, 0.25) is 0 Å². The average Bonchev–Trinajstić information content (AvgIpc) is 2.20. The van der Waals surface area contributed by atoms with Gasteiger partial charge in [-0.15, -0.1) is 0 Å². The van der Waals surface area contributed by atoms with Crippen LogP contribution >= 0.6 is 0 Å². The third-order valence-corrected chi connectivity index (χ3v) is 2.30. The van der Waals surface area contributed by atoms with Crippen LogP contribution in [-0.4, -0.2) is 38.3 Å². The molecule has 0 unspecified atom stereocenters. The van der Waals surface area contributed by atoms with E-state index in [-0.39, 0.29) is 5.91 Å². The molecule has 0 saturated carbocycles. The van der Waals surface area contributed by atoms with Gasteiger partial charge in [0.2, 0.25) is 5.91 Å². The van der Waals surface area contributed by atoms with Crippen molar-refractivity contribution in [2.45, 2.75) is 32.2 Å². The summed E-state index contributed by atoms with van der Waals surface area (Å²) in [5, 5.41) is 6.08. The number of carbonyl (C=O) groups is 1. The summed E-state index contributed by atoms with van der Waals surface area (Å²) in [6, 6.07) is 0.319. The van der Waals surface area contributed by atoms with Crippen molar-refractivity contribution in [1.82, 2.24) is 10.6 Å². The standard InChI is InChI=1S/C10H20N2O2/c1-2-5-11-8-10(13)12-9-3-6-14-7-4-9/h9,11H,2-8H2,1H3,(H,12,13). The first-order valence-corrected chi connectivity index (χ1v) is 5.40. The second-order valence-corrected chi connectivity index (χ2v) is 3.63. The number of hydrogen-bond acceptors (Lipinski definition) is 3. The Bertz CT molecular complexity index is 168. The molecule has 2 N–H and O–H groups in total. The van der Waals surface area contributed by atoms with Gasteiger partial charge in [0, 0.05) is 19.3 Å². The molecular formula is C10H20N2O2. The van der Waals surface area contributed by atoms with Crippen LogP contribution in [0.3, 0.4) is 0 Å². The maximum absolute atomic E-state index is 11.4. The summed E-state index contributed by atoms with van der Waals surface area (Å²) < 4.78 is 5.21. The molecule has 0 aromatic carbocycles. The first-order valence-electron chi connectivity index (χ1n) is 5.40. The Kier molecular flexibility index (Phi) is 5.56. The van der Waals surface area contributed by atoms with Gasteiger partial charge in [-0.1, -0.05) is 6.92 Å². The van der Waals surface area contributed by atoms with E-state index >= 15 is 0 Å². The molecule has 0 spiro atoms. The zero-order valence-electron chi connectivity index (χ0n) is 8.84. The lowest BCUT2D eigenvalue weighted by atomic mass is 10.1. The number of nitrogens with one attached hydrogen (secondary N) is 2. The molecule has 0 radical (unpaired) electrons. The van der Waals surface area contributed by atoms with Crippen molar-refractivity contribution in [3.8, 4) is 0 Å². The van der Waals surface area contributed by atoms with Crippen molar-refractivity contribution in [3.05, 3.63) is 0 Å². The van der Waals surface area contributed by atoms with Crippen LogP contribution in [0.1, 0.15) is 26.2 Å². The first-order chi connectivity index (χ1) is 6.83. The molecule has 4 nitrogen and oxygen atoms in total. The second-order valence-electron chi connectivity index (χ2n) is 3.63. The molecule has 1 rings (SSSR count). The lowest BCUT2D eigenvalue weighted by Crippen LogP contribution is -2.43. The molecule has 1 amide bonds. The van der Waals surface area contributed by atoms with Crippen molar-refractivity contribution >= 4 is 5.91 Å². The third-order valence-electron chi connectivity index (χ3n) is 2.30. The Morgan fingerprint density at radius 2 is 2.14 bits per heavy atom. The highest BCUT2D eigenvalue weighted by Gasteiger charge is 2.15. The van der Waals surface area contributed by atoms with Crippen molar-refractivity contribution in [2.24, 2.45) is 0 Å². The first kappa shape index (κ1) is 11.5. The van der Waals surface area contributed by atoms with Gasteiger partial charge in [-0.3, -0.25) is 4.79 Å². The molecule has 0 atom stereocenters. The number of carbonyl (C=O) groups excluding carboxylic acids is 1. The predicted octanol–water partition coefficient (Wildman–Crippen LogP) is 0.281. The Morgan fingerprint density at radius 1 is 1.43 bits per heavy atom. The van der Waals surface area contributed by atoms with Crippen LogP contribution in [0.25, 0.3) is 0 Å². The highest BCUT2D eigenvalue weighted by Crippen LogP contribution is 2.05. The fourth-order valence-electron chi connectivity index (χ4n) is 1.50. The van der Waals surface area contributed by atoms with Crippen LogP contribution < -0.4 is 10.6 Å². The van der Waals surface area contributed by atoms with Gasteiger partial charge < -0.3 is 15.4 Å². The summed E-state index contributed by atoms with van der Waals surface area (Å²) in [4.78, 5) is 11.4. The summed E-state index contributed by atoms with van der Waals surface area (Å²) in [6.45, 7) is 4.97. The van der Waals surface area contributed by atoms with Gasteiger partial charge in [0.15, 0.2) is 0 Å². The molecule has 1 heterocycles. The minimum absolute atomic E-state index is 0.102. The maximum Gasteiger partial charge on any atom is 0.234 e. The molecule has 1 aliphatic heterocycles. The number of hydrogen-bond donors (Lipinski definition) is 2. The van der Waals surface area contributed by atoms with E-state index in [0.717, 1.165) is 39.0 Å². The van der Waals surface area contributed by atoms with E-state index in [1.807, 2.05) is 0 Å². The largest absolute Gasteiger partial charge is 0.381 e. The van der Waals surface area contributed by atoms with Crippen molar-refractivity contribution < 1.29 is 9.53 Å². The normalized spacial score (nSPS) is 18.1. The van der Waals surface area contributed by atoms with Gasteiger partial charge in [0.1, 0.15) is 0 Å².